The zero-order chi connectivity index (χ0) is 15.8. The lowest BCUT2D eigenvalue weighted by Crippen LogP contribution is -2.30. The van der Waals surface area contributed by atoms with Crippen molar-refractivity contribution in [1.29, 1.82) is 0 Å². The highest BCUT2D eigenvalue weighted by Crippen LogP contribution is 2.52. The molecule has 1 saturated carbocycles. The monoisotopic (exact) mass is 291 g/mol. The first-order valence-corrected chi connectivity index (χ1v) is 6.97. The smallest absolute Gasteiger partial charge is 0.325 e. The zero-order valence-corrected chi connectivity index (χ0v) is 12.8. The number of nitrogens with one attached hydrogen (secondary N) is 1. The van der Waals surface area contributed by atoms with Gasteiger partial charge in [-0.15, -0.1) is 0 Å². The van der Waals surface area contributed by atoms with Crippen LogP contribution < -0.4 is 10.1 Å². The lowest BCUT2D eigenvalue weighted by atomic mass is 9.82. The quantitative estimate of drug-likeness (QED) is 0.838. The van der Waals surface area contributed by atoms with Gasteiger partial charge < -0.3 is 15.2 Å². The van der Waals surface area contributed by atoms with E-state index in [0.717, 1.165) is 24.0 Å². The van der Waals surface area contributed by atoms with E-state index in [9.17, 15) is 14.7 Å². The topological polar surface area (TPSA) is 75.6 Å². The van der Waals surface area contributed by atoms with Crippen molar-refractivity contribution in [3.63, 3.8) is 0 Å². The molecule has 0 aromatic heterocycles. The van der Waals surface area contributed by atoms with Gasteiger partial charge in [0, 0.05) is 0 Å². The van der Waals surface area contributed by atoms with Crippen molar-refractivity contribution in [3.05, 3.63) is 28.8 Å². The number of aliphatic carboxylic acids is 1. The summed E-state index contributed by atoms with van der Waals surface area (Å²) >= 11 is 0. The maximum absolute atomic E-state index is 12.1. The average molecular weight is 291 g/mol. The van der Waals surface area contributed by atoms with Crippen molar-refractivity contribution >= 4 is 11.8 Å². The van der Waals surface area contributed by atoms with E-state index in [1.807, 2.05) is 13.0 Å². The molecule has 1 atom stereocenters. The first-order valence-electron chi connectivity index (χ1n) is 6.97. The molecule has 114 valence electrons. The van der Waals surface area contributed by atoms with Crippen molar-refractivity contribution in [2.45, 2.75) is 38.1 Å². The zero-order valence-electron chi connectivity index (χ0n) is 12.8. The number of ketones is 1. The largest absolute Gasteiger partial charge is 0.497 e. The molecule has 1 aromatic carbocycles. The Morgan fingerprint density at radius 1 is 1.38 bits per heavy atom. The van der Waals surface area contributed by atoms with E-state index in [1.54, 1.807) is 27.1 Å². The van der Waals surface area contributed by atoms with Crippen LogP contribution in [-0.4, -0.2) is 31.0 Å². The summed E-state index contributed by atoms with van der Waals surface area (Å²) in [5.41, 5.74) is 1.85. The van der Waals surface area contributed by atoms with E-state index in [4.69, 9.17) is 4.74 Å². The van der Waals surface area contributed by atoms with Crippen LogP contribution in [0.15, 0.2) is 12.1 Å². The molecule has 1 aliphatic carbocycles. The molecule has 5 nitrogen and oxygen atoms in total. The Kier molecular flexibility index (Phi) is 4.05. The second-order valence-electron chi connectivity index (χ2n) is 5.61. The van der Waals surface area contributed by atoms with Crippen molar-refractivity contribution in [3.8, 4) is 5.75 Å². The van der Waals surface area contributed by atoms with Crippen molar-refractivity contribution in [1.82, 2.24) is 5.32 Å². The highest BCUT2D eigenvalue weighted by molar-refractivity contribution is 5.93. The van der Waals surface area contributed by atoms with E-state index in [2.05, 4.69) is 5.32 Å². The minimum Gasteiger partial charge on any atom is -0.497 e. The van der Waals surface area contributed by atoms with Gasteiger partial charge in [-0.1, -0.05) is 0 Å². The number of benzene rings is 1. The third kappa shape index (κ3) is 2.53. The van der Waals surface area contributed by atoms with Gasteiger partial charge >= 0.3 is 5.97 Å². The molecule has 5 heteroatoms. The van der Waals surface area contributed by atoms with Crippen LogP contribution in [0.2, 0.25) is 0 Å². The molecule has 0 bridgehead atoms. The molecular formula is C16H21NO4. The Hall–Kier alpha value is -1.88. The molecule has 1 unspecified atom stereocenters. The summed E-state index contributed by atoms with van der Waals surface area (Å²) in [6.45, 7) is 3.48. The van der Waals surface area contributed by atoms with Crippen molar-refractivity contribution in [2.75, 3.05) is 14.2 Å². The Morgan fingerprint density at radius 2 is 2.00 bits per heavy atom. The van der Waals surface area contributed by atoms with E-state index in [1.165, 1.54) is 0 Å². The predicted octanol–water partition coefficient (Wildman–Crippen LogP) is 1.97. The highest BCUT2D eigenvalue weighted by Gasteiger charge is 2.51. The fourth-order valence-corrected chi connectivity index (χ4v) is 3.09. The summed E-state index contributed by atoms with van der Waals surface area (Å²) in [6, 6.07) is 2.72. The molecule has 0 saturated heterocycles. The summed E-state index contributed by atoms with van der Waals surface area (Å²) in [4.78, 5) is 23.6. The second kappa shape index (κ2) is 5.48. The van der Waals surface area contributed by atoms with Gasteiger partial charge in [-0.2, -0.15) is 0 Å². The van der Waals surface area contributed by atoms with Gasteiger partial charge in [-0.05, 0) is 62.6 Å². The number of likely N-dealkylation sites (N-methyl/N-ethyl adjacent to an activating group) is 1. The fraction of sp³-hybridized carbons (Fsp3) is 0.500. The normalized spacial score (nSPS) is 17.1. The number of Topliss-reactive ketones (excluding diaryl/α,β-unsaturated/α-hetero) is 1. The first-order chi connectivity index (χ1) is 9.87. The number of carboxylic acid groups (broad SMARTS) is 1. The molecule has 0 radical (unpaired) electrons. The molecular weight excluding hydrogens is 270 g/mol. The van der Waals surface area contributed by atoms with Crippen LogP contribution >= 0.6 is 0 Å². The van der Waals surface area contributed by atoms with Crippen molar-refractivity contribution < 1.29 is 19.4 Å². The van der Waals surface area contributed by atoms with Crippen LogP contribution in [0.5, 0.6) is 5.75 Å². The second-order valence-corrected chi connectivity index (χ2v) is 5.61. The van der Waals surface area contributed by atoms with Gasteiger partial charge in [0.1, 0.15) is 17.6 Å². The molecule has 1 aliphatic rings. The number of rotatable bonds is 6. The van der Waals surface area contributed by atoms with Gasteiger partial charge in [-0.25, -0.2) is 0 Å². The van der Waals surface area contributed by atoms with Gasteiger partial charge in [0.15, 0.2) is 0 Å². The van der Waals surface area contributed by atoms with Gasteiger partial charge in [0.25, 0.3) is 0 Å². The molecule has 0 spiro atoms. The van der Waals surface area contributed by atoms with Gasteiger partial charge in [-0.3, -0.25) is 9.59 Å². The first kappa shape index (κ1) is 15.5. The Morgan fingerprint density at radius 3 is 2.38 bits per heavy atom. The maximum atomic E-state index is 12.1. The summed E-state index contributed by atoms with van der Waals surface area (Å²) in [5, 5.41) is 12.3. The summed E-state index contributed by atoms with van der Waals surface area (Å²) in [6.07, 6.45) is 1.55. The van der Waals surface area contributed by atoms with Crippen LogP contribution in [0.3, 0.4) is 0 Å². The lowest BCUT2D eigenvalue weighted by molar-refractivity contribution is -0.139. The van der Waals surface area contributed by atoms with E-state index in [-0.39, 0.29) is 5.78 Å². The van der Waals surface area contributed by atoms with E-state index < -0.39 is 17.4 Å². The molecule has 0 amide bonds. The summed E-state index contributed by atoms with van der Waals surface area (Å²) in [7, 11) is 3.15. The third-order valence-electron chi connectivity index (χ3n) is 4.32. The average Bonchev–Trinajstić information content (AvgIpc) is 3.19. The van der Waals surface area contributed by atoms with Gasteiger partial charge in [0.05, 0.1) is 12.5 Å². The predicted molar refractivity (Wildman–Crippen MR) is 78.8 cm³/mol. The Bertz CT molecular complexity index is 590. The number of carbonyl (C=O) groups excluding carboxylic acids is 1. The molecule has 1 fully saturated rings. The number of hydrogen-bond acceptors (Lipinski definition) is 4. The fourth-order valence-electron chi connectivity index (χ4n) is 3.09. The van der Waals surface area contributed by atoms with Crippen LogP contribution in [0.1, 0.15) is 42.5 Å². The molecule has 2 N–H and O–H groups in total. The van der Waals surface area contributed by atoms with E-state index in [0.29, 0.717) is 11.3 Å². The number of ether oxygens (including phenoxy) is 1. The number of carbonyl (C=O) groups is 2. The number of aryl methyl sites for hydroxylation is 1. The summed E-state index contributed by atoms with van der Waals surface area (Å²) < 4.78 is 5.25. The van der Waals surface area contributed by atoms with E-state index >= 15 is 0 Å². The number of hydrogen-bond donors (Lipinski definition) is 2. The lowest BCUT2D eigenvalue weighted by Gasteiger charge is -2.24. The number of carboxylic acids is 1. The van der Waals surface area contributed by atoms with Crippen LogP contribution in [-0.2, 0) is 15.0 Å². The van der Waals surface area contributed by atoms with Crippen LogP contribution in [0, 0.1) is 6.92 Å². The van der Waals surface area contributed by atoms with Crippen LogP contribution in [0.25, 0.3) is 0 Å². The maximum Gasteiger partial charge on any atom is 0.325 e. The minimum absolute atomic E-state index is 0.0947. The highest BCUT2D eigenvalue weighted by atomic mass is 16.5. The number of methoxy groups -OCH3 is 1. The Labute approximate surface area is 124 Å². The standard InChI is InChI=1S/C16H21NO4/c1-9-7-11(21-4)8-12(14(17-3)15(19)20)13(9)16(5-6-16)10(2)18/h7-8,14,17H,5-6H2,1-4H3,(H,19,20). The minimum atomic E-state index is -0.967. The van der Waals surface area contributed by atoms with Crippen LogP contribution in [0.4, 0.5) is 0 Å². The molecule has 1 aromatic rings. The third-order valence-corrected chi connectivity index (χ3v) is 4.32. The molecule has 0 heterocycles. The van der Waals surface area contributed by atoms with Gasteiger partial charge in [0.2, 0.25) is 0 Å². The van der Waals surface area contributed by atoms with Crippen molar-refractivity contribution in [2.24, 2.45) is 0 Å². The summed E-state index contributed by atoms with van der Waals surface area (Å²) in [5.74, 6) is -0.268. The SMILES string of the molecule is CNC(C(=O)O)c1cc(OC)cc(C)c1C1(C(C)=O)CC1. The molecule has 0 aliphatic heterocycles. The molecule has 2 rings (SSSR count). The Balaban J connectivity index is 2.68. The molecule has 21 heavy (non-hydrogen) atoms.